The van der Waals surface area contributed by atoms with Gasteiger partial charge in [0.05, 0.1) is 0 Å². The Morgan fingerprint density at radius 3 is 2.29 bits per heavy atom. The van der Waals surface area contributed by atoms with E-state index in [4.69, 9.17) is 4.74 Å². The Balaban J connectivity index is 0.00000144. The number of ether oxygens (including phenoxy) is 1. The second-order valence-corrected chi connectivity index (χ2v) is 5.42. The number of rotatable bonds is 3. The monoisotopic (exact) mass is 368 g/mol. The number of amides is 1. The van der Waals surface area contributed by atoms with Crippen LogP contribution in [0.15, 0.2) is 54.6 Å². The molecule has 1 amide bonds. The summed E-state index contributed by atoms with van der Waals surface area (Å²) in [5.41, 5.74) is 1.95. The molecule has 4 nitrogen and oxygen atoms in total. The lowest BCUT2D eigenvalue weighted by Gasteiger charge is -2.23. The Morgan fingerprint density at radius 2 is 1.58 bits per heavy atom. The van der Waals surface area contributed by atoms with Gasteiger partial charge in [-0.15, -0.1) is 24.8 Å². The first-order valence-electron chi connectivity index (χ1n) is 7.66. The molecule has 24 heavy (non-hydrogen) atoms. The lowest BCUT2D eigenvalue weighted by Crippen LogP contribution is -2.43. The van der Waals surface area contributed by atoms with Crippen molar-refractivity contribution in [2.45, 2.75) is 18.9 Å². The molecule has 0 saturated carbocycles. The first-order valence-corrected chi connectivity index (χ1v) is 7.66. The third-order valence-electron chi connectivity index (χ3n) is 3.84. The maximum absolute atomic E-state index is 12.1. The van der Waals surface area contributed by atoms with Gasteiger partial charge in [-0.25, -0.2) is 4.79 Å². The van der Waals surface area contributed by atoms with Crippen LogP contribution in [0.3, 0.4) is 0 Å². The number of benzene rings is 2. The molecule has 130 valence electrons. The van der Waals surface area contributed by atoms with Crippen LogP contribution in [-0.4, -0.2) is 25.2 Å². The third kappa shape index (κ3) is 5.41. The van der Waals surface area contributed by atoms with E-state index in [2.05, 4.69) is 10.6 Å². The Morgan fingerprint density at radius 1 is 0.958 bits per heavy atom. The molecule has 0 radical (unpaired) electrons. The molecule has 1 heterocycles. The molecule has 0 unspecified atom stereocenters. The molecule has 2 aromatic rings. The zero-order valence-electron chi connectivity index (χ0n) is 13.2. The standard InChI is InChI=1S/C18H20N2O2.2ClH/c21-18(20-15-10-12-19-13-11-15)22-17-9-5-4-8-16(17)14-6-2-1-3-7-14;;/h1-9,15,19H,10-13H2,(H,20,21);2*1H. The number of carbonyl (C=O) groups excluding carboxylic acids is 1. The number of piperidine rings is 1. The zero-order valence-corrected chi connectivity index (χ0v) is 14.9. The van der Waals surface area contributed by atoms with Gasteiger partial charge in [-0.05, 0) is 37.6 Å². The van der Waals surface area contributed by atoms with Gasteiger partial charge in [-0.2, -0.15) is 0 Å². The van der Waals surface area contributed by atoms with Gasteiger partial charge in [0.15, 0.2) is 0 Å². The average molecular weight is 369 g/mol. The largest absolute Gasteiger partial charge is 0.412 e. The lowest BCUT2D eigenvalue weighted by atomic mass is 10.1. The normalized spacial score (nSPS) is 14.0. The SMILES string of the molecule is Cl.Cl.O=C(NC1CCNCC1)Oc1ccccc1-c1ccccc1. The number of hydrogen-bond donors (Lipinski definition) is 2. The lowest BCUT2D eigenvalue weighted by molar-refractivity contribution is 0.193. The van der Waals surface area contributed by atoms with E-state index in [9.17, 15) is 4.79 Å². The first-order chi connectivity index (χ1) is 10.8. The summed E-state index contributed by atoms with van der Waals surface area (Å²) in [6.07, 6.45) is 1.50. The molecule has 0 spiro atoms. The molecule has 1 fully saturated rings. The van der Waals surface area contributed by atoms with Crippen LogP contribution in [0.5, 0.6) is 5.75 Å². The van der Waals surface area contributed by atoms with Crippen molar-refractivity contribution >= 4 is 30.9 Å². The van der Waals surface area contributed by atoms with E-state index in [0.29, 0.717) is 5.75 Å². The Labute approximate surface area is 154 Å². The molecule has 0 atom stereocenters. The van der Waals surface area contributed by atoms with Crippen molar-refractivity contribution in [1.82, 2.24) is 10.6 Å². The van der Waals surface area contributed by atoms with Crippen LogP contribution in [0.1, 0.15) is 12.8 Å². The summed E-state index contributed by atoms with van der Waals surface area (Å²) >= 11 is 0. The highest BCUT2D eigenvalue weighted by Crippen LogP contribution is 2.29. The molecular formula is C18H22Cl2N2O2. The van der Waals surface area contributed by atoms with Crippen LogP contribution in [-0.2, 0) is 0 Å². The minimum Gasteiger partial charge on any atom is -0.410 e. The fraction of sp³-hybridized carbons (Fsp3) is 0.278. The molecule has 0 bridgehead atoms. The van der Waals surface area contributed by atoms with E-state index >= 15 is 0 Å². The maximum Gasteiger partial charge on any atom is 0.412 e. The van der Waals surface area contributed by atoms with Gasteiger partial charge in [0.25, 0.3) is 0 Å². The van der Waals surface area contributed by atoms with Crippen LogP contribution >= 0.6 is 24.8 Å². The molecular weight excluding hydrogens is 347 g/mol. The minimum absolute atomic E-state index is 0. The summed E-state index contributed by atoms with van der Waals surface area (Å²) in [7, 11) is 0. The smallest absolute Gasteiger partial charge is 0.410 e. The molecule has 6 heteroatoms. The molecule has 0 aliphatic carbocycles. The fourth-order valence-electron chi connectivity index (χ4n) is 2.67. The Bertz CT molecular complexity index is 632. The van der Waals surface area contributed by atoms with Crippen molar-refractivity contribution < 1.29 is 9.53 Å². The van der Waals surface area contributed by atoms with Crippen LogP contribution in [0, 0.1) is 0 Å². The van der Waals surface area contributed by atoms with E-state index in [1.807, 2.05) is 54.6 Å². The topological polar surface area (TPSA) is 50.4 Å². The number of hydrogen-bond acceptors (Lipinski definition) is 3. The summed E-state index contributed by atoms with van der Waals surface area (Å²) in [6.45, 7) is 1.87. The summed E-state index contributed by atoms with van der Waals surface area (Å²) < 4.78 is 5.53. The predicted molar refractivity (Wildman–Crippen MR) is 101 cm³/mol. The van der Waals surface area contributed by atoms with Gasteiger partial charge in [0.2, 0.25) is 0 Å². The summed E-state index contributed by atoms with van der Waals surface area (Å²) in [5.74, 6) is 0.583. The minimum atomic E-state index is -0.379. The molecule has 0 aromatic heterocycles. The van der Waals surface area contributed by atoms with E-state index in [1.54, 1.807) is 0 Å². The van der Waals surface area contributed by atoms with Gasteiger partial charge in [-0.3, -0.25) is 0 Å². The second kappa shape index (κ2) is 10.2. The molecule has 2 N–H and O–H groups in total. The fourth-order valence-corrected chi connectivity index (χ4v) is 2.67. The van der Waals surface area contributed by atoms with E-state index in [0.717, 1.165) is 37.1 Å². The van der Waals surface area contributed by atoms with Crippen molar-refractivity contribution in [1.29, 1.82) is 0 Å². The number of halogens is 2. The summed E-state index contributed by atoms with van der Waals surface area (Å²) in [5, 5.41) is 6.22. The number of para-hydroxylation sites is 1. The van der Waals surface area contributed by atoms with Crippen LogP contribution in [0.4, 0.5) is 4.79 Å². The van der Waals surface area contributed by atoms with E-state index in [-0.39, 0.29) is 36.9 Å². The quantitative estimate of drug-likeness (QED) is 0.859. The molecule has 2 aromatic carbocycles. The highest BCUT2D eigenvalue weighted by Gasteiger charge is 2.17. The third-order valence-corrected chi connectivity index (χ3v) is 3.84. The van der Waals surface area contributed by atoms with Crippen molar-refractivity contribution in [3.05, 3.63) is 54.6 Å². The first kappa shape index (κ1) is 20.3. The highest BCUT2D eigenvalue weighted by atomic mass is 35.5. The number of carbonyl (C=O) groups is 1. The number of nitrogens with one attached hydrogen (secondary N) is 2. The van der Waals surface area contributed by atoms with Crippen LogP contribution in [0.25, 0.3) is 11.1 Å². The predicted octanol–water partition coefficient (Wildman–Crippen LogP) is 4.04. The summed E-state index contributed by atoms with van der Waals surface area (Å²) in [6, 6.07) is 17.7. The van der Waals surface area contributed by atoms with Gasteiger partial charge in [-0.1, -0.05) is 48.5 Å². The van der Waals surface area contributed by atoms with Gasteiger partial charge < -0.3 is 15.4 Å². The molecule has 3 rings (SSSR count). The molecule has 1 saturated heterocycles. The van der Waals surface area contributed by atoms with Crippen molar-refractivity contribution in [2.24, 2.45) is 0 Å². The molecule has 1 aliphatic rings. The van der Waals surface area contributed by atoms with Crippen LogP contribution in [0.2, 0.25) is 0 Å². The van der Waals surface area contributed by atoms with Crippen molar-refractivity contribution in [3.63, 3.8) is 0 Å². The van der Waals surface area contributed by atoms with Gasteiger partial charge >= 0.3 is 6.09 Å². The van der Waals surface area contributed by atoms with Crippen molar-refractivity contribution in [2.75, 3.05) is 13.1 Å². The van der Waals surface area contributed by atoms with E-state index in [1.165, 1.54) is 0 Å². The highest BCUT2D eigenvalue weighted by molar-refractivity contribution is 5.85. The van der Waals surface area contributed by atoms with Crippen molar-refractivity contribution in [3.8, 4) is 16.9 Å². The van der Waals surface area contributed by atoms with E-state index < -0.39 is 0 Å². The molecule has 1 aliphatic heterocycles. The second-order valence-electron chi connectivity index (χ2n) is 5.42. The van der Waals surface area contributed by atoms with Crippen LogP contribution < -0.4 is 15.4 Å². The average Bonchev–Trinajstić information content (AvgIpc) is 2.57. The summed E-state index contributed by atoms with van der Waals surface area (Å²) in [4.78, 5) is 12.1. The van der Waals surface area contributed by atoms with Gasteiger partial charge in [0, 0.05) is 11.6 Å². The Kier molecular flexibility index (Phi) is 8.61. The zero-order chi connectivity index (χ0) is 15.2. The Hall–Kier alpha value is -1.75. The maximum atomic E-state index is 12.1. The van der Waals surface area contributed by atoms with Gasteiger partial charge in [0.1, 0.15) is 5.75 Å².